The van der Waals surface area contributed by atoms with Crippen LogP contribution in [0.15, 0.2) is 73.3 Å². The van der Waals surface area contributed by atoms with E-state index in [9.17, 15) is 9.59 Å². The van der Waals surface area contributed by atoms with Crippen molar-refractivity contribution >= 4 is 34.8 Å². The van der Waals surface area contributed by atoms with Crippen molar-refractivity contribution in [2.24, 2.45) is 0 Å². The number of urea groups is 2. The van der Waals surface area contributed by atoms with Crippen LogP contribution in [0.3, 0.4) is 0 Å². The monoisotopic (exact) mass is 348 g/mol. The quantitative estimate of drug-likeness (QED) is 0.575. The summed E-state index contributed by atoms with van der Waals surface area (Å²) in [4.78, 5) is 31.8. The van der Waals surface area contributed by atoms with Crippen LogP contribution >= 0.6 is 0 Å². The van der Waals surface area contributed by atoms with Crippen LogP contribution in [0.1, 0.15) is 0 Å². The fourth-order valence-corrected chi connectivity index (χ4v) is 2.13. The van der Waals surface area contributed by atoms with Gasteiger partial charge in [0.15, 0.2) is 0 Å². The highest BCUT2D eigenvalue weighted by atomic mass is 16.2. The van der Waals surface area contributed by atoms with Crippen molar-refractivity contribution in [2.75, 3.05) is 21.3 Å². The number of hydrogen-bond donors (Lipinski definition) is 4. The molecule has 3 rings (SSSR count). The molecule has 0 radical (unpaired) electrons. The van der Waals surface area contributed by atoms with Gasteiger partial charge in [0.1, 0.15) is 0 Å². The maximum Gasteiger partial charge on any atom is 0.323 e. The highest BCUT2D eigenvalue weighted by Crippen LogP contribution is 2.16. The summed E-state index contributed by atoms with van der Waals surface area (Å²) in [6.07, 6.45) is 6.34. The third kappa shape index (κ3) is 5.03. The lowest BCUT2D eigenvalue weighted by Gasteiger charge is -2.10. The number of nitrogens with zero attached hydrogens (tertiary/aromatic N) is 2. The third-order valence-electron chi connectivity index (χ3n) is 3.25. The van der Waals surface area contributed by atoms with Crippen LogP contribution in [0.2, 0.25) is 0 Å². The molecule has 130 valence electrons. The van der Waals surface area contributed by atoms with E-state index in [4.69, 9.17) is 0 Å². The van der Waals surface area contributed by atoms with Crippen molar-refractivity contribution in [3.63, 3.8) is 0 Å². The summed E-state index contributed by atoms with van der Waals surface area (Å²) >= 11 is 0. The zero-order valence-electron chi connectivity index (χ0n) is 13.6. The second-order valence-corrected chi connectivity index (χ2v) is 5.21. The number of hydrogen-bond acceptors (Lipinski definition) is 4. The van der Waals surface area contributed by atoms with Crippen molar-refractivity contribution in [2.45, 2.75) is 0 Å². The van der Waals surface area contributed by atoms with E-state index in [1.165, 1.54) is 0 Å². The van der Waals surface area contributed by atoms with Crippen molar-refractivity contribution in [1.82, 2.24) is 9.97 Å². The lowest BCUT2D eigenvalue weighted by molar-refractivity contribution is 0.261. The molecule has 26 heavy (non-hydrogen) atoms. The number of carbonyl (C=O) groups excluding carboxylic acids is 2. The highest BCUT2D eigenvalue weighted by Gasteiger charge is 2.06. The molecule has 1 aromatic carbocycles. The summed E-state index contributed by atoms with van der Waals surface area (Å²) in [7, 11) is 0. The van der Waals surface area contributed by atoms with Crippen LogP contribution < -0.4 is 21.3 Å². The molecule has 0 spiro atoms. The minimum atomic E-state index is -0.394. The molecule has 8 heteroatoms. The Hall–Kier alpha value is -3.94. The van der Waals surface area contributed by atoms with Gasteiger partial charge in [0.25, 0.3) is 0 Å². The van der Waals surface area contributed by atoms with Crippen molar-refractivity contribution < 1.29 is 9.59 Å². The Balaban J connectivity index is 1.57. The number of anilines is 4. The minimum absolute atomic E-state index is 0.394. The molecular weight excluding hydrogens is 332 g/mol. The van der Waals surface area contributed by atoms with Crippen LogP contribution in [-0.4, -0.2) is 22.0 Å². The van der Waals surface area contributed by atoms with E-state index in [0.29, 0.717) is 22.7 Å². The van der Waals surface area contributed by atoms with E-state index in [2.05, 4.69) is 31.2 Å². The zero-order chi connectivity index (χ0) is 18.2. The van der Waals surface area contributed by atoms with E-state index >= 15 is 0 Å². The van der Waals surface area contributed by atoms with Gasteiger partial charge in [-0.05, 0) is 42.5 Å². The number of aromatic nitrogens is 2. The van der Waals surface area contributed by atoms with Gasteiger partial charge in [-0.25, -0.2) is 9.59 Å². The fourth-order valence-electron chi connectivity index (χ4n) is 2.13. The molecule has 3 aromatic rings. The average Bonchev–Trinajstić information content (AvgIpc) is 2.63. The Morgan fingerprint density at radius 3 is 1.38 bits per heavy atom. The van der Waals surface area contributed by atoms with Gasteiger partial charge < -0.3 is 21.3 Å². The van der Waals surface area contributed by atoms with E-state index in [-0.39, 0.29) is 0 Å². The molecule has 0 unspecified atom stereocenters. The maximum absolute atomic E-state index is 12.0. The smallest absolute Gasteiger partial charge is 0.308 e. The summed E-state index contributed by atoms with van der Waals surface area (Å²) in [6.45, 7) is 0. The summed E-state index contributed by atoms with van der Waals surface area (Å²) in [5.41, 5.74) is 2.34. The number of nitrogens with one attached hydrogen (secondary N) is 4. The fraction of sp³-hybridized carbons (Fsp3) is 0. The Morgan fingerprint density at radius 2 is 0.962 bits per heavy atom. The largest absolute Gasteiger partial charge is 0.323 e. The SMILES string of the molecule is O=C(Nc1ccncc1)Nc1cccc(NC(=O)Nc2ccncc2)c1. The van der Waals surface area contributed by atoms with Crippen LogP contribution in [0.5, 0.6) is 0 Å². The first-order chi connectivity index (χ1) is 12.7. The van der Waals surface area contributed by atoms with Gasteiger partial charge in [0.05, 0.1) is 0 Å². The molecule has 0 aliphatic heterocycles. The number of carbonyl (C=O) groups is 2. The van der Waals surface area contributed by atoms with E-state index < -0.39 is 12.1 Å². The third-order valence-corrected chi connectivity index (χ3v) is 3.25. The van der Waals surface area contributed by atoms with Crippen LogP contribution in [-0.2, 0) is 0 Å². The van der Waals surface area contributed by atoms with Crippen molar-refractivity contribution in [3.8, 4) is 0 Å². The lowest BCUT2D eigenvalue weighted by atomic mass is 10.3. The molecule has 0 aliphatic rings. The predicted octanol–water partition coefficient (Wildman–Crippen LogP) is 3.76. The Bertz CT molecular complexity index is 816. The topological polar surface area (TPSA) is 108 Å². The zero-order valence-corrected chi connectivity index (χ0v) is 13.6. The molecule has 8 nitrogen and oxygen atoms in total. The standard InChI is InChI=1S/C18H16N6O2/c25-17(21-13-4-8-19-9-5-13)23-15-2-1-3-16(12-15)24-18(26)22-14-6-10-20-11-7-14/h1-12H,(H2,19,21,23,25)(H2,20,22,24,26). The van der Waals surface area contributed by atoms with Crippen LogP contribution in [0.25, 0.3) is 0 Å². The van der Waals surface area contributed by atoms with Gasteiger partial charge >= 0.3 is 12.1 Å². The summed E-state index contributed by atoms with van der Waals surface area (Å²) in [6, 6.07) is 12.8. The molecule has 4 N–H and O–H groups in total. The van der Waals surface area contributed by atoms with Crippen LogP contribution in [0.4, 0.5) is 32.3 Å². The molecule has 0 atom stereocenters. The summed E-state index contributed by atoms with van der Waals surface area (Å²) in [5, 5.41) is 10.8. The lowest BCUT2D eigenvalue weighted by Crippen LogP contribution is -2.21. The molecule has 0 fully saturated rings. The van der Waals surface area contributed by atoms with Gasteiger partial charge in [-0.1, -0.05) is 6.07 Å². The molecule has 0 saturated heterocycles. The number of benzene rings is 1. The molecular formula is C18H16N6O2. The molecule has 2 aromatic heterocycles. The number of amides is 4. The normalized spacial score (nSPS) is 9.85. The predicted molar refractivity (Wildman–Crippen MR) is 100 cm³/mol. The average molecular weight is 348 g/mol. The van der Waals surface area contributed by atoms with Gasteiger partial charge in [-0.3, -0.25) is 9.97 Å². The molecule has 0 saturated carbocycles. The Morgan fingerprint density at radius 1 is 0.577 bits per heavy atom. The van der Waals surface area contributed by atoms with Crippen molar-refractivity contribution in [3.05, 3.63) is 73.3 Å². The van der Waals surface area contributed by atoms with Crippen molar-refractivity contribution in [1.29, 1.82) is 0 Å². The molecule has 4 amide bonds. The van der Waals surface area contributed by atoms with Gasteiger partial charge in [0, 0.05) is 47.5 Å². The number of rotatable bonds is 4. The first-order valence-electron chi connectivity index (χ1n) is 7.75. The van der Waals surface area contributed by atoms with E-state index in [0.717, 1.165) is 0 Å². The second kappa shape index (κ2) is 8.25. The van der Waals surface area contributed by atoms with Gasteiger partial charge in [-0.2, -0.15) is 0 Å². The highest BCUT2D eigenvalue weighted by molar-refractivity contribution is 6.02. The second-order valence-electron chi connectivity index (χ2n) is 5.21. The Labute approximate surface area is 149 Å². The Kier molecular flexibility index (Phi) is 5.36. The molecule has 0 bridgehead atoms. The molecule has 2 heterocycles. The van der Waals surface area contributed by atoms with Gasteiger partial charge in [-0.15, -0.1) is 0 Å². The minimum Gasteiger partial charge on any atom is -0.308 e. The van der Waals surface area contributed by atoms with E-state index in [1.807, 2.05) is 0 Å². The van der Waals surface area contributed by atoms with E-state index in [1.54, 1.807) is 73.3 Å². The van der Waals surface area contributed by atoms with Crippen LogP contribution in [0, 0.1) is 0 Å². The number of pyridine rings is 2. The van der Waals surface area contributed by atoms with Gasteiger partial charge in [0.2, 0.25) is 0 Å². The first kappa shape index (κ1) is 16.9. The first-order valence-corrected chi connectivity index (χ1v) is 7.75. The maximum atomic E-state index is 12.0. The summed E-state index contributed by atoms with van der Waals surface area (Å²) < 4.78 is 0. The molecule has 0 aliphatic carbocycles. The summed E-state index contributed by atoms with van der Waals surface area (Å²) in [5.74, 6) is 0.